The van der Waals surface area contributed by atoms with Crippen molar-refractivity contribution >= 4 is 15.0 Å². The Kier molecular flexibility index (Phi) is 4.55. The highest BCUT2D eigenvalue weighted by molar-refractivity contribution is 6.47. The highest BCUT2D eigenvalue weighted by Gasteiger charge is 2.32. The molecule has 0 amide bonds. The number of hydrogen-bond donors (Lipinski definition) is 1. The summed E-state index contributed by atoms with van der Waals surface area (Å²) in [5.74, 6) is 0. The van der Waals surface area contributed by atoms with Crippen LogP contribution in [-0.4, -0.2) is 48.8 Å². The first-order chi connectivity index (χ1) is 8.36. The zero-order valence-corrected chi connectivity index (χ0v) is 11.6. The van der Waals surface area contributed by atoms with Crippen molar-refractivity contribution in [1.82, 2.24) is 5.32 Å². The summed E-state index contributed by atoms with van der Waals surface area (Å²) < 4.78 is 11.1. The topological polar surface area (TPSA) is 33.7 Å². The second-order valence-corrected chi connectivity index (χ2v) is 6.59. The Balaban J connectivity index is 2.17. The van der Waals surface area contributed by atoms with E-state index in [1.165, 1.54) is 5.69 Å². The van der Waals surface area contributed by atoms with Crippen LogP contribution in [0.1, 0.15) is 0 Å². The molecule has 1 aliphatic heterocycles. The van der Waals surface area contributed by atoms with E-state index in [-0.39, 0.29) is 0 Å². The van der Waals surface area contributed by atoms with E-state index in [1.807, 2.05) is 6.07 Å². The van der Waals surface area contributed by atoms with Gasteiger partial charge in [-0.05, 0) is 12.1 Å². The van der Waals surface area contributed by atoms with Crippen molar-refractivity contribution in [1.29, 1.82) is 0 Å². The van der Waals surface area contributed by atoms with Crippen LogP contribution in [0.2, 0.25) is 0 Å². The first kappa shape index (κ1) is 12.6. The number of nitrogens with one attached hydrogen (secondary N) is 1. The molecule has 1 heterocycles. The number of benzene rings is 1. The van der Waals surface area contributed by atoms with Crippen LogP contribution in [0.15, 0.2) is 30.3 Å². The lowest BCUT2D eigenvalue weighted by molar-refractivity contribution is 0.259. The van der Waals surface area contributed by atoms with Gasteiger partial charge in [0.1, 0.15) is 0 Å². The van der Waals surface area contributed by atoms with Crippen molar-refractivity contribution in [2.24, 2.45) is 0 Å². The van der Waals surface area contributed by atoms with Crippen LogP contribution >= 0.6 is 0 Å². The van der Waals surface area contributed by atoms with Crippen molar-refractivity contribution in [3.05, 3.63) is 30.3 Å². The van der Waals surface area contributed by atoms with E-state index < -0.39 is 9.28 Å². The molecule has 5 heteroatoms. The average molecular weight is 252 g/mol. The van der Waals surface area contributed by atoms with E-state index in [1.54, 1.807) is 14.2 Å². The van der Waals surface area contributed by atoms with E-state index in [2.05, 4.69) is 34.5 Å². The quantitative estimate of drug-likeness (QED) is 0.792. The molecule has 1 fully saturated rings. The Hall–Kier alpha value is -0.883. The third kappa shape index (κ3) is 2.87. The molecule has 0 aliphatic carbocycles. The van der Waals surface area contributed by atoms with Crippen LogP contribution in [0.25, 0.3) is 0 Å². The fourth-order valence-electron chi connectivity index (χ4n) is 2.32. The standard InChI is InChI=1S/C12H20N2O2Si/c1-15-17(16-2)12-10-13-8-9-14(12)11-6-4-3-5-7-11/h3-7,12-13,17H,8-10H2,1-2H3. The van der Waals surface area contributed by atoms with E-state index in [9.17, 15) is 0 Å². The van der Waals surface area contributed by atoms with Crippen molar-refractivity contribution in [2.45, 2.75) is 5.67 Å². The Morgan fingerprint density at radius 2 is 1.94 bits per heavy atom. The molecule has 4 nitrogen and oxygen atoms in total. The van der Waals surface area contributed by atoms with Crippen LogP contribution in [0.3, 0.4) is 0 Å². The number of rotatable bonds is 4. The number of anilines is 1. The molecule has 0 saturated carbocycles. The predicted molar refractivity (Wildman–Crippen MR) is 71.6 cm³/mol. The van der Waals surface area contributed by atoms with Gasteiger partial charge in [0.05, 0.1) is 5.67 Å². The van der Waals surface area contributed by atoms with Gasteiger partial charge in [0.15, 0.2) is 0 Å². The molecule has 17 heavy (non-hydrogen) atoms. The van der Waals surface area contributed by atoms with Crippen LogP contribution in [0.5, 0.6) is 0 Å². The molecule has 2 rings (SSSR count). The third-order valence-electron chi connectivity index (χ3n) is 3.15. The maximum Gasteiger partial charge on any atom is 0.345 e. The van der Waals surface area contributed by atoms with Crippen molar-refractivity contribution < 1.29 is 8.85 Å². The molecule has 0 spiro atoms. The molecular formula is C12H20N2O2Si. The van der Waals surface area contributed by atoms with Crippen LogP contribution in [0.4, 0.5) is 5.69 Å². The number of piperazine rings is 1. The maximum absolute atomic E-state index is 5.53. The highest BCUT2D eigenvalue weighted by atomic mass is 28.3. The van der Waals surface area contributed by atoms with Gasteiger partial charge >= 0.3 is 9.28 Å². The van der Waals surface area contributed by atoms with Gasteiger partial charge in [-0.1, -0.05) is 18.2 Å². The Bertz CT molecular complexity index is 333. The van der Waals surface area contributed by atoms with Gasteiger partial charge in [-0.3, -0.25) is 0 Å². The summed E-state index contributed by atoms with van der Waals surface area (Å²) in [7, 11) is 1.86. The highest BCUT2D eigenvalue weighted by Crippen LogP contribution is 2.19. The molecule has 1 aromatic carbocycles. The number of nitrogens with zero attached hydrogens (tertiary/aromatic N) is 1. The Morgan fingerprint density at radius 3 is 2.59 bits per heavy atom. The lowest BCUT2D eigenvalue weighted by atomic mass is 10.2. The minimum Gasteiger partial charge on any atom is -0.399 e. The second kappa shape index (κ2) is 6.16. The first-order valence-electron chi connectivity index (χ1n) is 5.95. The molecule has 1 atom stereocenters. The van der Waals surface area contributed by atoms with Crippen LogP contribution in [-0.2, 0) is 8.85 Å². The molecule has 1 aromatic rings. The average Bonchev–Trinajstić information content (AvgIpc) is 2.42. The predicted octanol–water partition coefficient (Wildman–Crippen LogP) is 0.517. The summed E-state index contributed by atoms with van der Waals surface area (Å²) in [4.78, 5) is 2.40. The lowest BCUT2D eigenvalue weighted by Gasteiger charge is -2.39. The summed E-state index contributed by atoms with van der Waals surface area (Å²) >= 11 is 0. The Morgan fingerprint density at radius 1 is 1.24 bits per heavy atom. The third-order valence-corrected chi connectivity index (χ3v) is 5.30. The first-order valence-corrected chi connectivity index (χ1v) is 7.55. The minimum atomic E-state index is -1.64. The van der Waals surface area contributed by atoms with Crippen LogP contribution < -0.4 is 10.2 Å². The lowest BCUT2D eigenvalue weighted by Crippen LogP contribution is -2.59. The van der Waals surface area contributed by atoms with Gasteiger partial charge in [0.25, 0.3) is 0 Å². The van der Waals surface area contributed by atoms with E-state index in [0.717, 1.165) is 19.6 Å². The van der Waals surface area contributed by atoms with E-state index in [4.69, 9.17) is 8.85 Å². The number of para-hydroxylation sites is 1. The SMILES string of the molecule is CO[SiH](OC)C1CNCCN1c1ccccc1. The molecule has 1 unspecified atom stereocenters. The summed E-state index contributed by atoms with van der Waals surface area (Å²) in [6.07, 6.45) is 0. The molecule has 1 aliphatic rings. The van der Waals surface area contributed by atoms with Crippen molar-refractivity contribution in [2.75, 3.05) is 38.8 Å². The largest absolute Gasteiger partial charge is 0.399 e. The molecule has 0 bridgehead atoms. The fourth-order valence-corrected chi connectivity index (χ4v) is 4.11. The zero-order chi connectivity index (χ0) is 12.1. The van der Waals surface area contributed by atoms with Gasteiger partial charge < -0.3 is 19.1 Å². The van der Waals surface area contributed by atoms with Crippen LogP contribution in [0, 0.1) is 0 Å². The smallest absolute Gasteiger partial charge is 0.345 e. The van der Waals surface area contributed by atoms with Gasteiger partial charge in [-0.2, -0.15) is 0 Å². The normalized spacial score (nSPS) is 20.9. The Labute approximate surface area is 104 Å². The second-order valence-electron chi connectivity index (χ2n) is 4.14. The van der Waals surface area contributed by atoms with Gasteiger partial charge in [-0.25, -0.2) is 0 Å². The molecule has 1 N–H and O–H groups in total. The molecular weight excluding hydrogens is 232 g/mol. The van der Waals surface area contributed by atoms with E-state index >= 15 is 0 Å². The molecule has 0 radical (unpaired) electrons. The zero-order valence-electron chi connectivity index (χ0n) is 10.4. The summed E-state index contributed by atoms with van der Waals surface area (Å²) in [5, 5.41) is 3.42. The fraction of sp³-hybridized carbons (Fsp3) is 0.500. The summed E-state index contributed by atoms with van der Waals surface area (Å²) in [6, 6.07) is 10.5. The maximum atomic E-state index is 5.53. The van der Waals surface area contributed by atoms with Gasteiger partial charge in [0.2, 0.25) is 0 Å². The molecule has 94 valence electrons. The van der Waals surface area contributed by atoms with Gasteiger partial charge in [-0.15, -0.1) is 0 Å². The van der Waals surface area contributed by atoms with Gasteiger partial charge in [0, 0.05) is 39.5 Å². The van der Waals surface area contributed by atoms with Crippen molar-refractivity contribution in [3.8, 4) is 0 Å². The summed E-state index contributed by atoms with van der Waals surface area (Å²) in [5.41, 5.74) is 1.60. The molecule has 0 aromatic heterocycles. The van der Waals surface area contributed by atoms with E-state index in [0.29, 0.717) is 5.67 Å². The minimum absolute atomic E-state index is 0.348. The monoisotopic (exact) mass is 252 g/mol. The number of hydrogen-bond acceptors (Lipinski definition) is 4. The molecule has 1 saturated heterocycles. The van der Waals surface area contributed by atoms with Crippen molar-refractivity contribution in [3.63, 3.8) is 0 Å². The summed E-state index contributed by atoms with van der Waals surface area (Å²) in [6.45, 7) is 2.96.